The first-order valence-corrected chi connectivity index (χ1v) is 9.26. The molecule has 0 aliphatic carbocycles. The van der Waals surface area contributed by atoms with Crippen molar-refractivity contribution < 1.29 is 4.79 Å². The number of allylic oxidation sites excluding steroid dienone is 1. The van der Waals surface area contributed by atoms with Gasteiger partial charge in [-0.2, -0.15) is 5.26 Å². The van der Waals surface area contributed by atoms with Crippen LogP contribution in [0.3, 0.4) is 0 Å². The highest BCUT2D eigenvalue weighted by Gasteiger charge is 2.24. The maximum atomic E-state index is 12.6. The summed E-state index contributed by atoms with van der Waals surface area (Å²) in [6.45, 7) is 3.71. The van der Waals surface area contributed by atoms with Crippen LogP contribution < -0.4 is 16.8 Å². The van der Waals surface area contributed by atoms with Gasteiger partial charge in [-0.3, -0.25) is 20.4 Å². The van der Waals surface area contributed by atoms with Crippen molar-refractivity contribution in [2.75, 3.05) is 19.6 Å². The Morgan fingerprint density at radius 1 is 1.48 bits per heavy atom. The largest absolute Gasteiger partial charge is 0.386 e. The number of guanidine groups is 1. The van der Waals surface area contributed by atoms with E-state index in [0.717, 1.165) is 25.9 Å². The molecule has 0 aromatic rings. The highest BCUT2D eigenvalue weighted by molar-refractivity contribution is 6.34. The van der Waals surface area contributed by atoms with Gasteiger partial charge in [0.05, 0.1) is 29.6 Å². The van der Waals surface area contributed by atoms with Gasteiger partial charge in [0.25, 0.3) is 5.91 Å². The second-order valence-corrected chi connectivity index (χ2v) is 7.21. The van der Waals surface area contributed by atoms with Gasteiger partial charge < -0.3 is 11.5 Å². The summed E-state index contributed by atoms with van der Waals surface area (Å²) in [5.41, 5.74) is 12.5. The van der Waals surface area contributed by atoms with Crippen molar-refractivity contribution in [3.05, 3.63) is 11.1 Å². The standard InChI is InChI=1S/C17H25ClN8O/c1-10-2-3-12(18)14(20)24-15(21)13(10)16(27)25-17(22)23-11-4-7-26(8-5-11)9-6-19/h11-12H,2-5,7-9H2,1H3,(H3,20,21,24)(H3,22,23,25,27). The summed E-state index contributed by atoms with van der Waals surface area (Å²) in [5.74, 6) is -0.609. The molecule has 1 amide bonds. The minimum Gasteiger partial charge on any atom is -0.386 e. The second kappa shape index (κ2) is 9.48. The smallest absolute Gasteiger partial charge is 0.261 e. The lowest BCUT2D eigenvalue weighted by molar-refractivity contribution is -0.115. The number of rotatable bonds is 3. The van der Waals surface area contributed by atoms with Crippen LogP contribution in [-0.2, 0) is 4.79 Å². The van der Waals surface area contributed by atoms with Crippen LogP contribution in [-0.4, -0.2) is 59.5 Å². The first-order chi connectivity index (χ1) is 12.8. The van der Waals surface area contributed by atoms with E-state index in [4.69, 9.17) is 33.7 Å². The number of amides is 1. The van der Waals surface area contributed by atoms with E-state index in [-0.39, 0.29) is 29.2 Å². The van der Waals surface area contributed by atoms with Gasteiger partial charge >= 0.3 is 0 Å². The monoisotopic (exact) mass is 392 g/mol. The molecule has 146 valence electrons. The van der Waals surface area contributed by atoms with Crippen molar-refractivity contribution >= 4 is 35.1 Å². The van der Waals surface area contributed by atoms with Crippen LogP contribution >= 0.6 is 11.6 Å². The first-order valence-electron chi connectivity index (χ1n) is 8.82. The fraction of sp³-hybridized carbons (Fsp3) is 0.588. The number of hydrogen-bond acceptors (Lipinski definition) is 6. The number of carbonyl (C=O) groups excluding carboxylic acids is 1. The molecule has 1 saturated heterocycles. The van der Waals surface area contributed by atoms with Crippen LogP contribution in [0.25, 0.3) is 0 Å². The summed E-state index contributed by atoms with van der Waals surface area (Å²) in [5, 5.41) is 18.9. The van der Waals surface area contributed by atoms with Gasteiger partial charge in [-0.05, 0) is 32.6 Å². The molecule has 27 heavy (non-hydrogen) atoms. The fourth-order valence-electron chi connectivity index (χ4n) is 3.09. The number of nitriles is 1. The van der Waals surface area contributed by atoms with Gasteiger partial charge in [-0.1, -0.05) is 5.57 Å². The zero-order valence-electron chi connectivity index (χ0n) is 15.3. The number of aliphatic imine (C=N–C) groups is 2. The van der Waals surface area contributed by atoms with Gasteiger partial charge in [-0.25, -0.2) is 9.98 Å². The third-order valence-corrected chi connectivity index (χ3v) is 5.08. The van der Waals surface area contributed by atoms with Crippen molar-refractivity contribution in [1.29, 1.82) is 10.7 Å². The van der Waals surface area contributed by atoms with Crippen molar-refractivity contribution in [2.24, 2.45) is 21.5 Å². The number of alkyl halides is 1. The van der Waals surface area contributed by atoms with Gasteiger partial charge in [0.1, 0.15) is 5.84 Å². The maximum Gasteiger partial charge on any atom is 0.261 e. The molecule has 0 aromatic heterocycles. The first kappa shape index (κ1) is 20.9. The van der Waals surface area contributed by atoms with Crippen molar-refractivity contribution in [2.45, 2.75) is 44.0 Å². The van der Waals surface area contributed by atoms with Crippen LogP contribution in [0, 0.1) is 16.7 Å². The molecule has 1 fully saturated rings. The lowest BCUT2D eigenvalue weighted by Gasteiger charge is -2.28. The Morgan fingerprint density at radius 2 is 2.15 bits per heavy atom. The Balaban J connectivity index is 2.03. The number of nitrogens with one attached hydrogen (secondary N) is 2. The molecule has 0 spiro atoms. The number of halogens is 1. The molecule has 2 aliphatic rings. The quantitative estimate of drug-likeness (QED) is 0.237. The van der Waals surface area contributed by atoms with Gasteiger partial charge in [0.2, 0.25) is 0 Å². The highest BCUT2D eigenvalue weighted by Crippen LogP contribution is 2.20. The van der Waals surface area contributed by atoms with Crippen molar-refractivity contribution in [1.82, 2.24) is 10.2 Å². The average Bonchev–Trinajstić information content (AvgIpc) is 2.60. The molecular formula is C17H25ClN8O. The summed E-state index contributed by atoms with van der Waals surface area (Å²) < 4.78 is 0. The molecule has 0 aromatic carbocycles. The Bertz CT molecular complexity index is 728. The molecule has 2 aliphatic heterocycles. The predicted octanol–water partition coefficient (Wildman–Crippen LogP) is 0.457. The Hall–Kier alpha value is -2.44. The number of amidine groups is 2. The molecule has 6 N–H and O–H groups in total. The molecule has 9 nitrogen and oxygen atoms in total. The minimum atomic E-state index is -0.523. The topological polar surface area (TPSA) is 157 Å². The molecule has 0 saturated carbocycles. The van der Waals surface area contributed by atoms with Crippen molar-refractivity contribution in [3.8, 4) is 6.07 Å². The number of hydrogen-bond donors (Lipinski definition) is 4. The van der Waals surface area contributed by atoms with E-state index in [1.807, 2.05) is 0 Å². The lowest BCUT2D eigenvalue weighted by Crippen LogP contribution is -2.42. The van der Waals surface area contributed by atoms with Gasteiger partial charge in [-0.15, -0.1) is 11.6 Å². The zero-order valence-corrected chi connectivity index (χ0v) is 16.1. The summed E-state index contributed by atoms with van der Waals surface area (Å²) in [7, 11) is 0. The number of nitrogens with two attached hydrogens (primary N) is 2. The SMILES string of the molecule is CC1=C(C(=O)NC(N)=NC2CCN(CC#N)CC2)C(=N)N=C(N)C(Cl)CC1. The Labute approximate surface area is 163 Å². The predicted molar refractivity (Wildman–Crippen MR) is 106 cm³/mol. The second-order valence-electron chi connectivity index (χ2n) is 6.68. The van der Waals surface area contributed by atoms with Crippen LogP contribution in [0.1, 0.15) is 32.6 Å². The molecular weight excluding hydrogens is 368 g/mol. The number of carbonyl (C=O) groups is 1. The normalized spacial score (nSPS) is 23.3. The third-order valence-electron chi connectivity index (χ3n) is 4.64. The molecule has 0 radical (unpaired) electrons. The number of nitrogens with zero attached hydrogens (tertiary/aromatic N) is 4. The highest BCUT2D eigenvalue weighted by atomic mass is 35.5. The van der Waals surface area contributed by atoms with E-state index in [2.05, 4.69) is 26.3 Å². The summed E-state index contributed by atoms with van der Waals surface area (Å²) in [6, 6.07) is 2.13. The van der Waals surface area contributed by atoms with E-state index >= 15 is 0 Å². The minimum absolute atomic E-state index is 0.00206. The average molecular weight is 393 g/mol. The van der Waals surface area contributed by atoms with E-state index in [1.54, 1.807) is 6.92 Å². The Kier molecular flexibility index (Phi) is 7.33. The molecule has 1 atom stereocenters. The summed E-state index contributed by atoms with van der Waals surface area (Å²) in [4.78, 5) is 23.0. The molecule has 2 rings (SSSR count). The van der Waals surface area contributed by atoms with Crippen molar-refractivity contribution in [3.63, 3.8) is 0 Å². The third kappa shape index (κ3) is 5.77. The van der Waals surface area contributed by atoms with Crippen LogP contribution in [0.4, 0.5) is 0 Å². The van der Waals surface area contributed by atoms with E-state index < -0.39 is 11.3 Å². The number of piperidine rings is 1. The summed E-state index contributed by atoms with van der Waals surface area (Å²) in [6.07, 6.45) is 2.61. The Morgan fingerprint density at radius 3 is 2.78 bits per heavy atom. The molecule has 1 unspecified atom stereocenters. The summed E-state index contributed by atoms with van der Waals surface area (Å²) >= 11 is 6.09. The maximum absolute atomic E-state index is 12.6. The van der Waals surface area contributed by atoms with E-state index in [9.17, 15) is 4.79 Å². The molecule has 2 heterocycles. The van der Waals surface area contributed by atoms with Crippen LogP contribution in [0.15, 0.2) is 21.1 Å². The lowest BCUT2D eigenvalue weighted by atomic mass is 10.00. The van der Waals surface area contributed by atoms with Crippen LogP contribution in [0.2, 0.25) is 0 Å². The molecule has 10 heteroatoms. The van der Waals surface area contributed by atoms with E-state index in [1.165, 1.54) is 0 Å². The van der Waals surface area contributed by atoms with Crippen LogP contribution in [0.5, 0.6) is 0 Å². The van der Waals surface area contributed by atoms with Gasteiger partial charge in [0, 0.05) is 13.1 Å². The van der Waals surface area contributed by atoms with Gasteiger partial charge in [0.15, 0.2) is 11.8 Å². The van der Waals surface area contributed by atoms with E-state index in [0.29, 0.717) is 25.0 Å². The number of likely N-dealkylation sites (tertiary alicyclic amines) is 1. The zero-order chi connectivity index (χ0) is 20.0. The molecule has 0 bridgehead atoms. The fourth-order valence-corrected chi connectivity index (χ4v) is 3.25.